The minimum atomic E-state index is -3.06. The first-order valence-electron chi connectivity index (χ1n) is 9.83. The molecule has 2 heterocycles. The van der Waals surface area contributed by atoms with E-state index in [1.165, 1.54) is 28.3 Å². The Morgan fingerprint density at radius 1 is 1.29 bits per heavy atom. The van der Waals surface area contributed by atoms with E-state index in [0.717, 1.165) is 38.3 Å². The smallest absolute Gasteiger partial charge is 0.211 e. The first-order valence-corrected chi connectivity index (χ1v) is 11.7. The quantitative estimate of drug-likeness (QED) is 0.505. The van der Waals surface area contributed by atoms with Crippen molar-refractivity contribution in [2.24, 2.45) is 10.9 Å². The Labute approximate surface area is 167 Å². The highest BCUT2D eigenvalue weighted by molar-refractivity contribution is 7.88. The zero-order valence-corrected chi connectivity index (χ0v) is 17.8. The molecule has 8 heteroatoms. The molecule has 0 spiro atoms. The highest BCUT2D eigenvalue weighted by atomic mass is 32.2. The monoisotopic (exact) mass is 405 g/mol. The van der Waals surface area contributed by atoms with Crippen LogP contribution in [0.15, 0.2) is 29.4 Å². The van der Waals surface area contributed by atoms with E-state index in [1.807, 2.05) is 0 Å². The molecule has 0 radical (unpaired) electrons. The van der Waals surface area contributed by atoms with E-state index in [9.17, 15) is 8.42 Å². The Bertz CT molecular complexity index is 927. The summed E-state index contributed by atoms with van der Waals surface area (Å²) in [5.41, 5.74) is 3.77. The number of H-pyrrole nitrogens is 1. The summed E-state index contributed by atoms with van der Waals surface area (Å²) >= 11 is 0. The van der Waals surface area contributed by atoms with Crippen LogP contribution in [-0.2, 0) is 16.4 Å². The van der Waals surface area contributed by atoms with Gasteiger partial charge < -0.3 is 15.6 Å². The van der Waals surface area contributed by atoms with Gasteiger partial charge in [-0.15, -0.1) is 0 Å². The van der Waals surface area contributed by atoms with Crippen LogP contribution >= 0.6 is 0 Å². The minimum Gasteiger partial charge on any atom is -0.361 e. The van der Waals surface area contributed by atoms with Crippen LogP contribution in [0.4, 0.5) is 0 Å². The lowest BCUT2D eigenvalue weighted by atomic mass is 9.98. The number of aliphatic imine (C=N–C) groups is 1. The number of sulfonamides is 1. The molecule has 1 aliphatic rings. The summed E-state index contributed by atoms with van der Waals surface area (Å²) in [6.07, 6.45) is 6.05. The molecule has 1 aromatic carbocycles. The van der Waals surface area contributed by atoms with E-state index >= 15 is 0 Å². The van der Waals surface area contributed by atoms with Gasteiger partial charge in [0.25, 0.3) is 0 Å². The Morgan fingerprint density at radius 2 is 2.04 bits per heavy atom. The van der Waals surface area contributed by atoms with Crippen LogP contribution in [0.2, 0.25) is 0 Å². The zero-order chi connectivity index (χ0) is 20.1. The number of hydrogen-bond acceptors (Lipinski definition) is 3. The largest absolute Gasteiger partial charge is 0.361 e. The molecule has 1 aliphatic heterocycles. The number of aromatic nitrogens is 1. The number of piperidine rings is 1. The number of guanidine groups is 1. The molecule has 28 heavy (non-hydrogen) atoms. The van der Waals surface area contributed by atoms with Gasteiger partial charge >= 0.3 is 0 Å². The first-order chi connectivity index (χ1) is 13.4. The fourth-order valence-corrected chi connectivity index (χ4v) is 4.67. The molecule has 0 saturated carbocycles. The van der Waals surface area contributed by atoms with Crippen molar-refractivity contribution in [3.63, 3.8) is 0 Å². The third-order valence-electron chi connectivity index (χ3n) is 5.52. The average molecular weight is 406 g/mol. The molecule has 0 atom stereocenters. The number of hydrogen-bond donors (Lipinski definition) is 3. The van der Waals surface area contributed by atoms with E-state index < -0.39 is 10.0 Å². The highest BCUT2D eigenvalue weighted by Crippen LogP contribution is 2.21. The van der Waals surface area contributed by atoms with Crippen molar-refractivity contribution < 1.29 is 8.42 Å². The van der Waals surface area contributed by atoms with Gasteiger partial charge in [0.05, 0.1) is 6.26 Å². The molecule has 3 N–H and O–H groups in total. The third-order valence-corrected chi connectivity index (χ3v) is 6.82. The normalized spacial score (nSPS) is 17.2. The Kier molecular flexibility index (Phi) is 6.61. The van der Waals surface area contributed by atoms with Crippen LogP contribution < -0.4 is 10.6 Å². The standard InChI is InChI=1S/C20H31N5O2S/c1-15-5-4-6-18-17(14-23-19(15)18)7-10-22-20(21-2)24-13-16-8-11-25(12-9-16)28(3,26)27/h4-6,14,16,23H,7-13H2,1-3H3,(H2,21,22,24). The van der Waals surface area contributed by atoms with Gasteiger partial charge in [0.1, 0.15) is 0 Å². The fraction of sp³-hybridized carbons (Fsp3) is 0.550. The summed E-state index contributed by atoms with van der Waals surface area (Å²) in [4.78, 5) is 7.67. The van der Waals surface area contributed by atoms with Crippen molar-refractivity contribution in [1.29, 1.82) is 0 Å². The summed E-state index contributed by atoms with van der Waals surface area (Å²) < 4.78 is 24.8. The topological polar surface area (TPSA) is 89.6 Å². The molecule has 3 rings (SSSR count). The lowest BCUT2D eigenvalue weighted by Crippen LogP contribution is -2.44. The molecule has 0 unspecified atom stereocenters. The molecule has 0 bridgehead atoms. The van der Waals surface area contributed by atoms with Crippen LogP contribution in [0.3, 0.4) is 0 Å². The molecule has 1 aromatic heterocycles. The molecular formula is C20H31N5O2S. The molecule has 0 aliphatic carbocycles. The predicted octanol–water partition coefficient (Wildman–Crippen LogP) is 1.86. The predicted molar refractivity (Wildman–Crippen MR) is 115 cm³/mol. The maximum absolute atomic E-state index is 11.6. The summed E-state index contributed by atoms with van der Waals surface area (Å²) in [6.45, 7) is 4.94. The maximum atomic E-state index is 11.6. The molecular weight excluding hydrogens is 374 g/mol. The number of aromatic amines is 1. The van der Waals surface area contributed by atoms with Gasteiger partial charge in [-0.2, -0.15) is 0 Å². The Hall–Kier alpha value is -2.06. The SMILES string of the molecule is CN=C(NCCc1c[nH]c2c(C)cccc12)NCC1CCN(S(C)(=O)=O)CC1. The molecule has 2 aromatic rings. The number of fused-ring (bicyclic) bond motifs is 1. The van der Waals surface area contributed by atoms with Crippen molar-refractivity contribution in [3.8, 4) is 0 Å². The van der Waals surface area contributed by atoms with Crippen molar-refractivity contribution in [3.05, 3.63) is 35.5 Å². The van der Waals surface area contributed by atoms with Crippen LogP contribution in [-0.4, -0.2) is 63.1 Å². The first kappa shape index (κ1) is 20.7. The highest BCUT2D eigenvalue weighted by Gasteiger charge is 2.24. The summed E-state index contributed by atoms with van der Waals surface area (Å²) in [7, 11) is -1.29. The Morgan fingerprint density at radius 3 is 2.71 bits per heavy atom. The van der Waals surface area contributed by atoms with Gasteiger partial charge in [0, 0.05) is 50.3 Å². The lowest BCUT2D eigenvalue weighted by Gasteiger charge is -2.30. The van der Waals surface area contributed by atoms with Crippen molar-refractivity contribution in [2.45, 2.75) is 26.2 Å². The molecule has 1 saturated heterocycles. The number of nitrogens with zero attached hydrogens (tertiary/aromatic N) is 2. The van der Waals surface area contributed by atoms with Crippen molar-refractivity contribution in [1.82, 2.24) is 19.9 Å². The Balaban J connectivity index is 1.43. The average Bonchev–Trinajstić information content (AvgIpc) is 3.08. The second-order valence-corrected chi connectivity index (χ2v) is 9.53. The number of rotatable bonds is 6. The van der Waals surface area contributed by atoms with Crippen molar-refractivity contribution in [2.75, 3.05) is 39.5 Å². The van der Waals surface area contributed by atoms with Gasteiger partial charge in [0.2, 0.25) is 10.0 Å². The van der Waals surface area contributed by atoms with Gasteiger partial charge in [-0.1, -0.05) is 18.2 Å². The maximum Gasteiger partial charge on any atom is 0.211 e. The number of para-hydroxylation sites is 1. The third kappa shape index (κ3) is 5.05. The zero-order valence-electron chi connectivity index (χ0n) is 17.0. The number of benzene rings is 1. The summed E-state index contributed by atoms with van der Waals surface area (Å²) in [6, 6.07) is 6.37. The van der Waals surface area contributed by atoms with Gasteiger partial charge in [-0.25, -0.2) is 12.7 Å². The fourth-order valence-electron chi connectivity index (χ4n) is 3.79. The van der Waals surface area contributed by atoms with Crippen LogP contribution in [0.25, 0.3) is 10.9 Å². The van der Waals surface area contributed by atoms with E-state index in [1.54, 1.807) is 11.4 Å². The number of nitrogens with one attached hydrogen (secondary N) is 3. The van der Waals surface area contributed by atoms with E-state index in [4.69, 9.17) is 0 Å². The second kappa shape index (κ2) is 8.96. The lowest BCUT2D eigenvalue weighted by molar-refractivity contribution is 0.275. The molecule has 154 valence electrons. The van der Waals surface area contributed by atoms with Gasteiger partial charge in [-0.3, -0.25) is 4.99 Å². The van der Waals surface area contributed by atoms with E-state index in [2.05, 4.69) is 51.9 Å². The second-order valence-electron chi connectivity index (χ2n) is 7.55. The molecule has 1 fully saturated rings. The van der Waals surface area contributed by atoms with Crippen LogP contribution in [0.1, 0.15) is 24.0 Å². The minimum absolute atomic E-state index is 0.466. The summed E-state index contributed by atoms with van der Waals surface area (Å²) in [5.74, 6) is 1.26. The molecule has 0 amide bonds. The van der Waals surface area contributed by atoms with E-state index in [0.29, 0.717) is 19.0 Å². The molecule has 7 nitrogen and oxygen atoms in total. The van der Waals surface area contributed by atoms with Gasteiger partial charge in [0.15, 0.2) is 5.96 Å². The van der Waals surface area contributed by atoms with Crippen LogP contribution in [0.5, 0.6) is 0 Å². The van der Waals surface area contributed by atoms with Crippen LogP contribution in [0, 0.1) is 12.8 Å². The number of aryl methyl sites for hydroxylation is 1. The van der Waals surface area contributed by atoms with Crippen molar-refractivity contribution >= 4 is 26.9 Å². The van der Waals surface area contributed by atoms with Gasteiger partial charge in [-0.05, 0) is 43.2 Å². The summed E-state index contributed by atoms with van der Waals surface area (Å²) in [5, 5.41) is 8.04. The van der Waals surface area contributed by atoms with E-state index in [-0.39, 0.29) is 0 Å².